The first-order chi connectivity index (χ1) is 5.99. The van der Waals surface area contributed by atoms with Gasteiger partial charge in [-0.25, -0.2) is 4.98 Å². The van der Waals surface area contributed by atoms with Crippen molar-refractivity contribution in [2.24, 2.45) is 0 Å². The largest absolute Gasteiger partial charge is 0.401 e. The van der Waals surface area contributed by atoms with Crippen LogP contribution in [0.2, 0.25) is 0 Å². The summed E-state index contributed by atoms with van der Waals surface area (Å²) in [5.41, 5.74) is 0. The number of thiazole rings is 1. The summed E-state index contributed by atoms with van der Waals surface area (Å²) in [6, 6.07) is -0.346. The van der Waals surface area contributed by atoms with Gasteiger partial charge in [0.05, 0.1) is 12.6 Å². The van der Waals surface area contributed by atoms with Crippen molar-refractivity contribution in [2.75, 3.05) is 6.54 Å². The van der Waals surface area contributed by atoms with Crippen LogP contribution in [0.1, 0.15) is 18.0 Å². The van der Waals surface area contributed by atoms with Gasteiger partial charge in [-0.3, -0.25) is 5.32 Å². The molecule has 1 aromatic heterocycles. The molecule has 0 aromatic carbocycles. The Morgan fingerprint density at radius 3 is 2.77 bits per heavy atom. The number of alkyl halides is 3. The van der Waals surface area contributed by atoms with E-state index in [1.165, 1.54) is 11.3 Å². The minimum Gasteiger partial charge on any atom is -0.300 e. The zero-order valence-corrected chi connectivity index (χ0v) is 7.75. The van der Waals surface area contributed by atoms with Crippen molar-refractivity contribution < 1.29 is 13.2 Å². The second-order valence-electron chi connectivity index (χ2n) is 2.59. The summed E-state index contributed by atoms with van der Waals surface area (Å²) < 4.78 is 35.3. The Labute approximate surface area is 77.8 Å². The SMILES string of the molecule is C[C@@H](NCC(F)(F)F)c1nccs1. The van der Waals surface area contributed by atoms with E-state index in [-0.39, 0.29) is 6.04 Å². The van der Waals surface area contributed by atoms with Gasteiger partial charge in [0.1, 0.15) is 5.01 Å². The van der Waals surface area contributed by atoms with Crippen molar-refractivity contribution in [3.8, 4) is 0 Å². The summed E-state index contributed by atoms with van der Waals surface area (Å²) in [5, 5.41) is 4.76. The fourth-order valence-electron chi connectivity index (χ4n) is 0.804. The highest BCUT2D eigenvalue weighted by Crippen LogP contribution is 2.18. The zero-order chi connectivity index (χ0) is 9.90. The molecule has 2 nitrogen and oxygen atoms in total. The van der Waals surface area contributed by atoms with Crippen molar-refractivity contribution in [3.05, 3.63) is 16.6 Å². The molecule has 6 heteroatoms. The molecule has 0 bridgehead atoms. The van der Waals surface area contributed by atoms with E-state index >= 15 is 0 Å². The molecule has 0 saturated heterocycles. The molecule has 74 valence electrons. The third-order valence-electron chi connectivity index (χ3n) is 1.43. The van der Waals surface area contributed by atoms with Gasteiger partial charge in [-0.15, -0.1) is 11.3 Å². The average Bonchev–Trinajstić information content (AvgIpc) is 2.50. The molecule has 0 unspecified atom stereocenters. The topological polar surface area (TPSA) is 24.9 Å². The first-order valence-corrected chi connectivity index (χ1v) is 4.56. The van der Waals surface area contributed by atoms with Crippen molar-refractivity contribution in [2.45, 2.75) is 19.1 Å². The lowest BCUT2D eigenvalue weighted by Gasteiger charge is -2.12. The lowest BCUT2D eigenvalue weighted by Crippen LogP contribution is -2.30. The van der Waals surface area contributed by atoms with Crippen molar-refractivity contribution in [1.82, 2.24) is 10.3 Å². The molecule has 1 aromatic rings. The Hall–Kier alpha value is -0.620. The van der Waals surface area contributed by atoms with Crippen LogP contribution in [0.25, 0.3) is 0 Å². The second-order valence-corrected chi connectivity index (χ2v) is 3.51. The molecule has 0 fully saturated rings. The number of hydrogen-bond acceptors (Lipinski definition) is 3. The number of rotatable bonds is 3. The van der Waals surface area contributed by atoms with E-state index in [1.54, 1.807) is 18.5 Å². The Bertz CT molecular complexity index is 245. The molecule has 1 atom stereocenters. The summed E-state index contributed by atoms with van der Waals surface area (Å²) in [7, 11) is 0. The maximum absolute atomic E-state index is 11.8. The lowest BCUT2D eigenvalue weighted by atomic mass is 10.3. The summed E-state index contributed by atoms with van der Waals surface area (Å²) >= 11 is 1.34. The third-order valence-corrected chi connectivity index (χ3v) is 2.39. The number of nitrogens with zero attached hydrogens (tertiary/aromatic N) is 1. The summed E-state index contributed by atoms with van der Waals surface area (Å²) in [6.45, 7) is 0.679. The number of nitrogens with one attached hydrogen (secondary N) is 1. The Kier molecular flexibility index (Phi) is 3.27. The molecule has 0 aliphatic heterocycles. The van der Waals surface area contributed by atoms with Crippen LogP contribution in [0.3, 0.4) is 0 Å². The van der Waals surface area contributed by atoms with Crippen LogP contribution in [-0.4, -0.2) is 17.7 Å². The monoisotopic (exact) mass is 210 g/mol. The molecule has 0 saturated carbocycles. The molecule has 13 heavy (non-hydrogen) atoms. The fraction of sp³-hybridized carbons (Fsp3) is 0.571. The minimum absolute atomic E-state index is 0.346. The van der Waals surface area contributed by atoms with Gasteiger partial charge in [0.15, 0.2) is 0 Å². The molecule has 1 heterocycles. The van der Waals surface area contributed by atoms with E-state index in [4.69, 9.17) is 0 Å². The van der Waals surface area contributed by atoms with Crippen LogP contribution >= 0.6 is 11.3 Å². The van der Waals surface area contributed by atoms with Crippen molar-refractivity contribution in [1.29, 1.82) is 0 Å². The summed E-state index contributed by atoms with van der Waals surface area (Å²) in [4.78, 5) is 3.91. The predicted molar refractivity (Wildman–Crippen MR) is 44.6 cm³/mol. The van der Waals surface area contributed by atoms with Crippen LogP contribution in [0.5, 0.6) is 0 Å². The molecular weight excluding hydrogens is 201 g/mol. The highest BCUT2D eigenvalue weighted by Gasteiger charge is 2.27. The van der Waals surface area contributed by atoms with Crippen LogP contribution in [-0.2, 0) is 0 Å². The van der Waals surface area contributed by atoms with E-state index in [1.807, 2.05) is 0 Å². The van der Waals surface area contributed by atoms with E-state index in [2.05, 4.69) is 10.3 Å². The first kappa shape index (κ1) is 10.5. The fourth-order valence-corrected chi connectivity index (χ4v) is 1.47. The van der Waals surface area contributed by atoms with Gasteiger partial charge < -0.3 is 0 Å². The third kappa shape index (κ3) is 3.73. The maximum atomic E-state index is 11.8. The molecular formula is C7H9F3N2S. The molecule has 1 N–H and O–H groups in total. The van der Waals surface area contributed by atoms with Crippen LogP contribution < -0.4 is 5.32 Å². The van der Waals surface area contributed by atoms with Crippen LogP contribution in [0.15, 0.2) is 11.6 Å². The lowest BCUT2D eigenvalue weighted by molar-refractivity contribution is -0.126. The second kappa shape index (κ2) is 4.06. The van der Waals surface area contributed by atoms with E-state index in [0.29, 0.717) is 5.01 Å². The number of aromatic nitrogens is 1. The zero-order valence-electron chi connectivity index (χ0n) is 6.93. The van der Waals surface area contributed by atoms with E-state index < -0.39 is 12.7 Å². The van der Waals surface area contributed by atoms with E-state index in [9.17, 15) is 13.2 Å². The minimum atomic E-state index is -4.16. The molecule has 1 rings (SSSR count). The molecule has 0 spiro atoms. The standard InChI is InChI=1S/C7H9F3N2S/c1-5(6-11-2-3-13-6)12-4-7(8,9)10/h2-3,5,12H,4H2,1H3/t5-/m1/s1. The van der Waals surface area contributed by atoms with Gasteiger partial charge in [-0.2, -0.15) is 13.2 Å². The maximum Gasteiger partial charge on any atom is 0.401 e. The highest BCUT2D eigenvalue weighted by molar-refractivity contribution is 7.09. The van der Waals surface area contributed by atoms with Crippen molar-refractivity contribution in [3.63, 3.8) is 0 Å². The average molecular weight is 210 g/mol. The van der Waals surface area contributed by atoms with E-state index in [0.717, 1.165) is 0 Å². The summed E-state index contributed by atoms with van der Waals surface area (Å²) in [6.07, 6.45) is -2.59. The molecule has 0 aliphatic carbocycles. The normalized spacial score (nSPS) is 14.5. The van der Waals surface area contributed by atoms with Gasteiger partial charge in [-0.1, -0.05) is 0 Å². The molecule has 0 aliphatic rings. The van der Waals surface area contributed by atoms with Crippen LogP contribution in [0.4, 0.5) is 13.2 Å². The van der Waals surface area contributed by atoms with Crippen molar-refractivity contribution >= 4 is 11.3 Å². The Morgan fingerprint density at radius 2 is 2.31 bits per heavy atom. The Balaban J connectivity index is 2.39. The van der Waals surface area contributed by atoms with Gasteiger partial charge in [0.2, 0.25) is 0 Å². The summed E-state index contributed by atoms with van der Waals surface area (Å²) in [5.74, 6) is 0. The molecule has 0 radical (unpaired) electrons. The number of halogens is 3. The highest BCUT2D eigenvalue weighted by atomic mass is 32.1. The van der Waals surface area contributed by atoms with Gasteiger partial charge in [0, 0.05) is 11.6 Å². The van der Waals surface area contributed by atoms with Gasteiger partial charge >= 0.3 is 6.18 Å². The Morgan fingerprint density at radius 1 is 1.62 bits per heavy atom. The van der Waals surface area contributed by atoms with Crippen LogP contribution in [0, 0.1) is 0 Å². The van der Waals surface area contributed by atoms with Gasteiger partial charge in [-0.05, 0) is 6.92 Å². The first-order valence-electron chi connectivity index (χ1n) is 3.68. The quantitative estimate of drug-likeness (QED) is 0.828. The predicted octanol–water partition coefficient (Wildman–Crippen LogP) is 2.36. The molecule has 0 amide bonds. The smallest absolute Gasteiger partial charge is 0.300 e. The van der Waals surface area contributed by atoms with Gasteiger partial charge in [0.25, 0.3) is 0 Å². The number of hydrogen-bond donors (Lipinski definition) is 1.